The molecular weight excluding hydrogens is 324 g/mol. The minimum atomic E-state index is 0.495. The molecule has 1 aromatic rings. The van der Waals surface area contributed by atoms with Gasteiger partial charge in [-0.15, -0.1) is 0 Å². The van der Waals surface area contributed by atoms with Crippen molar-refractivity contribution in [3.8, 4) is 0 Å². The van der Waals surface area contributed by atoms with Crippen LogP contribution in [0.15, 0.2) is 29.3 Å². The van der Waals surface area contributed by atoms with E-state index in [-0.39, 0.29) is 0 Å². The van der Waals surface area contributed by atoms with Gasteiger partial charge in [-0.1, -0.05) is 43.5 Å². The van der Waals surface area contributed by atoms with Gasteiger partial charge in [0.2, 0.25) is 0 Å². The number of hydrogen-bond acceptors (Lipinski definition) is 3. The number of rotatable bonds is 9. The van der Waals surface area contributed by atoms with E-state index in [1.54, 1.807) is 0 Å². The monoisotopic (exact) mass is 360 g/mol. The Kier molecular flexibility index (Phi) is 9.50. The number of nitrogens with one attached hydrogen (secondary N) is 2. The van der Waals surface area contributed by atoms with Crippen LogP contribution in [0.25, 0.3) is 0 Å². The van der Waals surface area contributed by atoms with Crippen LogP contribution in [0, 0.1) is 0 Å². The molecule has 0 atom stereocenters. The molecule has 0 aliphatic heterocycles. The zero-order valence-corrected chi connectivity index (χ0v) is 16.8. The fourth-order valence-corrected chi connectivity index (χ4v) is 3.39. The highest BCUT2D eigenvalue weighted by Gasteiger charge is 2.13. The summed E-state index contributed by atoms with van der Waals surface area (Å²) in [5.41, 5.74) is 2.66. The average molecular weight is 361 g/mol. The van der Waals surface area contributed by atoms with Crippen LogP contribution >= 0.6 is 0 Å². The van der Waals surface area contributed by atoms with E-state index in [9.17, 15) is 0 Å². The second-order valence-corrected chi connectivity index (χ2v) is 7.34. The van der Waals surface area contributed by atoms with Crippen LogP contribution in [0.5, 0.6) is 0 Å². The maximum Gasteiger partial charge on any atom is 0.191 e. The molecule has 5 nitrogen and oxygen atoms in total. The van der Waals surface area contributed by atoms with Crippen LogP contribution in [-0.2, 0) is 17.8 Å². The molecule has 0 bridgehead atoms. The molecule has 0 unspecified atom stereocenters. The van der Waals surface area contributed by atoms with Crippen molar-refractivity contribution in [1.29, 1.82) is 0 Å². The first-order chi connectivity index (χ1) is 12.7. The fraction of sp³-hybridized carbons (Fsp3) is 0.667. The van der Waals surface area contributed by atoms with Gasteiger partial charge in [-0.3, -0.25) is 4.99 Å². The summed E-state index contributed by atoms with van der Waals surface area (Å²) >= 11 is 0. The Morgan fingerprint density at radius 1 is 1.12 bits per heavy atom. The van der Waals surface area contributed by atoms with Crippen molar-refractivity contribution in [3.63, 3.8) is 0 Å². The molecule has 0 amide bonds. The smallest absolute Gasteiger partial charge is 0.191 e. The van der Waals surface area contributed by atoms with E-state index in [2.05, 4.69) is 58.9 Å². The van der Waals surface area contributed by atoms with E-state index in [4.69, 9.17) is 4.74 Å². The highest BCUT2D eigenvalue weighted by atomic mass is 16.5. The SMILES string of the molecule is CN=C(NCCCOC1CCCCC1)NCc1ccccc1CN(C)C. The minimum absolute atomic E-state index is 0.495. The third-order valence-electron chi connectivity index (χ3n) is 4.79. The van der Waals surface area contributed by atoms with E-state index in [0.29, 0.717) is 6.10 Å². The molecule has 5 heteroatoms. The van der Waals surface area contributed by atoms with Crippen molar-refractivity contribution in [2.45, 2.75) is 57.7 Å². The Labute approximate surface area is 159 Å². The van der Waals surface area contributed by atoms with Gasteiger partial charge < -0.3 is 20.3 Å². The fourth-order valence-electron chi connectivity index (χ4n) is 3.39. The number of nitrogens with zero attached hydrogens (tertiary/aromatic N) is 2. The Morgan fingerprint density at radius 2 is 1.85 bits per heavy atom. The number of ether oxygens (including phenoxy) is 1. The zero-order chi connectivity index (χ0) is 18.6. The standard InChI is InChI=1S/C21H36N4O/c1-22-21(23-14-9-15-26-20-12-5-4-6-13-20)24-16-18-10-7-8-11-19(18)17-25(2)3/h7-8,10-11,20H,4-6,9,12-17H2,1-3H3,(H2,22,23,24). The summed E-state index contributed by atoms with van der Waals surface area (Å²) in [5.74, 6) is 0.849. The molecule has 146 valence electrons. The molecule has 0 aromatic heterocycles. The van der Waals surface area contributed by atoms with Crippen molar-refractivity contribution >= 4 is 5.96 Å². The summed E-state index contributed by atoms with van der Waals surface area (Å²) in [6, 6.07) is 8.56. The van der Waals surface area contributed by atoms with Gasteiger partial charge in [0.1, 0.15) is 0 Å². The Bertz CT molecular complexity index is 539. The predicted molar refractivity (Wildman–Crippen MR) is 109 cm³/mol. The lowest BCUT2D eigenvalue weighted by atomic mass is 9.98. The zero-order valence-electron chi connectivity index (χ0n) is 16.8. The van der Waals surface area contributed by atoms with Gasteiger partial charge in [-0.25, -0.2) is 0 Å². The number of guanidine groups is 1. The largest absolute Gasteiger partial charge is 0.378 e. The normalized spacial score (nSPS) is 16.1. The molecule has 26 heavy (non-hydrogen) atoms. The first-order valence-corrected chi connectivity index (χ1v) is 9.96. The maximum absolute atomic E-state index is 5.98. The van der Waals surface area contributed by atoms with Crippen LogP contribution < -0.4 is 10.6 Å². The van der Waals surface area contributed by atoms with Gasteiger partial charge in [-0.2, -0.15) is 0 Å². The highest BCUT2D eigenvalue weighted by Crippen LogP contribution is 2.20. The van der Waals surface area contributed by atoms with Crippen LogP contribution in [0.3, 0.4) is 0 Å². The van der Waals surface area contributed by atoms with E-state index in [0.717, 1.165) is 38.6 Å². The molecule has 0 spiro atoms. The number of aliphatic imine (C=N–C) groups is 1. The van der Waals surface area contributed by atoms with E-state index < -0.39 is 0 Å². The quantitative estimate of drug-likeness (QED) is 0.403. The minimum Gasteiger partial charge on any atom is -0.378 e. The number of hydrogen-bond donors (Lipinski definition) is 2. The van der Waals surface area contributed by atoms with Crippen molar-refractivity contribution in [3.05, 3.63) is 35.4 Å². The second kappa shape index (κ2) is 11.9. The van der Waals surface area contributed by atoms with Crippen LogP contribution in [0.4, 0.5) is 0 Å². The summed E-state index contributed by atoms with van der Waals surface area (Å²) in [5, 5.41) is 6.81. The lowest BCUT2D eigenvalue weighted by Crippen LogP contribution is -2.38. The van der Waals surface area contributed by atoms with Gasteiger partial charge in [-0.05, 0) is 44.5 Å². The van der Waals surface area contributed by atoms with E-state index >= 15 is 0 Å². The maximum atomic E-state index is 5.98. The molecule has 1 aliphatic rings. The average Bonchev–Trinajstić information content (AvgIpc) is 2.65. The van der Waals surface area contributed by atoms with Gasteiger partial charge in [0.25, 0.3) is 0 Å². The van der Waals surface area contributed by atoms with Crippen molar-refractivity contribution < 1.29 is 4.74 Å². The first kappa shape index (κ1) is 20.7. The molecule has 1 aromatic carbocycles. The van der Waals surface area contributed by atoms with Gasteiger partial charge in [0.05, 0.1) is 6.10 Å². The topological polar surface area (TPSA) is 48.9 Å². The molecule has 0 heterocycles. The summed E-state index contributed by atoms with van der Waals surface area (Å²) < 4.78 is 5.98. The lowest BCUT2D eigenvalue weighted by Gasteiger charge is -2.22. The van der Waals surface area contributed by atoms with Gasteiger partial charge >= 0.3 is 0 Å². The molecule has 2 rings (SSSR count). The molecule has 1 saturated carbocycles. The van der Waals surface area contributed by atoms with Gasteiger partial charge in [0, 0.05) is 33.3 Å². The summed E-state index contributed by atoms with van der Waals surface area (Å²) in [4.78, 5) is 6.52. The molecule has 0 saturated heterocycles. The summed E-state index contributed by atoms with van der Waals surface area (Å²) in [7, 11) is 6.01. The third kappa shape index (κ3) is 7.75. The van der Waals surface area contributed by atoms with E-state index in [1.807, 2.05) is 7.05 Å². The Morgan fingerprint density at radius 3 is 2.54 bits per heavy atom. The summed E-state index contributed by atoms with van der Waals surface area (Å²) in [6.07, 6.45) is 8.01. The lowest BCUT2D eigenvalue weighted by molar-refractivity contribution is 0.0277. The van der Waals surface area contributed by atoms with Crippen LogP contribution in [0.2, 0.25) is 0 Å². The summed E-state index contributed by atoms with van der Waals surface area (Å²) in [6.45, 7) is 3.44. The Hall–Kier alpha value is -1.59. The molecule has 2 N–H and O–H groups in total. The second-order valence-electron chi connectivity index (χ2n) is 7.34. The van der Waals surface area contributed by atoms with Crippen molar-refractivity contribution in [2.75, 3.05) is 34.3 Å². The van der Waals surface area contributed by atoms with Crippen molar-refractivity contribution in [2.24, 2.45) is 4.99 Å². The molecule has 1 fully saturated rings. The Balaban J connectivity index is 1.66. The number of benzene rings is 1. The molecule has 0 radical (unpaired) electrons. The van der Waals surface area contributed by atoms with E-state index in [1.165, 1.54) is 43.2 Å². The van der Waals surface area contributed by atoms with Crippen molar-refractivity contribution in [1.82, 2.24) is 15.5 Å². The third-order valence-corrected chi connectivity index (χ3v) is 4.79. The predicted octanol–water partition coefficient (Wildman–Crippen LogP) is 3.15. The molecule has 1 aliphatic carbocycles. The van der Waals surface area contributed by atoms with Crippen LogP contribution in [0.1, 0.15) is 49.7 Å². The highest BCUT2D eigenvalue weighted by molar-refractivity contribution is 5.79. The first-order valence-electron chi connectivity index (χ1n) is 9.96. The van der Waals surface area contributed by atoms with Gasteiger partial charge in [0.15, 0.2) is 5.96 Å². The van der Waals surface area contributed by atoms with Crippen LogP contribution in [-0.4, -0.2) is 51.3 Å². The molecular formula is C21H36N4O.